The van der Waals surface area contributed by atoms with Gasteiger partial charge in [-0.05, 0) is 28.1 Å². The van der Waals surface area contributed by atoms with E-state index in [4.69, 9.17) is 5.11 Å². The number of hydrogen-bond acceptors (Lipinski definition) is 2. The molecular weight excluding hydrogens is 293 g/mol. The molecule has 1 aromatic carbocycles. The number of hydrogen-bond donors (Lipinski definition) is 1. The van der Waals surface area contributed by atoms with Crippen molar-refractivity contribution < 1.29 is 19.1 Å². The van der Waals surface area contributed by atoms with Gasteiger partial charge in [0.15, 0.2) is 0 Å². The summed E-state index contributed by atoms with van der Waals surface area (Å²) in [5.74, 6) is -2.72. The van der Waals surface area contributed by atoms with E-state index in [0.29, 0.717) is 4.47 Å². The SMILES string of the molecule is O=C(O)C1CC(=O)N(c2c(F)cccc2Br)C1. The second kappa shape index (κ2) is 4.44. The minimum Gasteiger partial charge on any atom is -0.481 e. The molecule has 4 nitrogen and oxygen atoms in total. The number of halogens is 2. The van der Waals surface area contributed by atoms with Crippen molar-refractivity contribution in [2.75, 3.05) is 11.4 Å². The van der Waals surface area contributed by atoms with Crippen LogP contribution < -0.4 is 4.90 Å². The Morgan fingerprint density at radius 3 is 2.76 bits per heavy atom. The van der Waals surface area contributed by atoms with E-state index in [-0.39, 0.29) is 24.6 Å². The average Bonchev–Trinajstić information content (AvgIpc) is 2.61. The van der Waals surface area contributed by atoms with Gasteiger partial charge in [-0.1, -0.05) is 6.07 Å². The maximum atomic E-state index is 13.6. The molecule has 17 heavy (non-hydrogen) atoms. The molecule has 0 aromatic heterocycles. The Morgan fingerprint density at radius 1 is 1.53 bits per heavy atom. The molecule has 1 saturated heterocycles. The third-order valence-electron chi connectivity index (χ3n) is 2.68. The Kier molecular flexibility index (Phi) is 3.15. The summed E-state index contributed by atoms with van der Waals surface area (Å²) in [4.78, 5) is 23.7. The van der Waals surface area contributed by atoms with E-state index >= 15 is 0 Å². The van der Waals surface area contributed by atoms with Crippen LogP contribution in [0.2, 0.25) is 0 Å². The summed E-state index contributed by atoms with van der Waals surface area (Å²) in [7, 11) is 0. The molecule has 0 bridgehead atoms. The molecule has 0 saturated carbocycles. The second-order valence-electron chi connectivity index (χ2n) is 3.81. The summed E-state index contributed by atoms with van der Waals surface area (Å²) >= 11 is 3.16. The summed E-state index contributed by atoms with van der Waals surface area (Å²) < 4.78 is 14.1. The van der Waals surface area contributed by atoms with Gasteiger partial charge < -0.3 is 10.0 Å². The maximum Gasteiger partial charge on any atom is 0.308 e. The normalized spacial score (nSPS) is 19.8. The maximum absolute atomic E-state index is 13.6. The van der Waals surface area contributed by atoms with Crippen molar-refractivity contribution in [2.45, 2.75) is 6.42 Å². The quantitative estimate of drug-likeness (QED) is 0.909. The minimum absolute atomic E-state index is 0.00764. The Hall–Kier alpha value is -1.43. The molecule has 1 aliphatic heterocycles. The molecule has 6 heteroatoms. The summed E-state index contributed by atoms with van der Waals surface area (Å²) in [6.07, 6.45) is -0.0872. The molecule has 1 aliphatic rings. The van der Waals surface area contributed by atoms with E-state index in [1.54, 1.807) is 6.07 Å². The standard InChI is InChI=1S/C11H9BrFNO3/c12-7-2-1-3-8(13)10(7)14-5-6(11(16)17)4-9(14)15/h1-3,6H,4-5H2,(H,16,17). The highest BCUT2D eigenvalue weighted by Crippen LogP contribution is 2.33. The van der Waals surface area contributed by atoms with Gasteiger partial charge in [0.05, 0.1) is 11.6 Å². The molecule has 1 unspecified atom stereocenters. The first-order chi connectivity index (χ1) is 8.00. The Morgan fingerprint density at radius 2 is 2.24 bits per heavy atom. The largest absolute Gasteiger partial charge is 0.481 e. The lowest BCUT2D eigenvalue weighted by molar-refractivity contribution is -0.141. The first-order valence-electron chi connectivity index (χ1n) is 4.98. The number of anilines is 1. The van der Waals surface area contributed by atoms with Crippen molar-refractivity contribution in [1.29, 1.82) is 0 Å². The second-order valence-corrected chi connectivity index (χ2v) is 4.67. The highest BCUT2D eigenvalue weighted by molar-refractivity contribution is 9.10. The van der Waals surface area contributed by atoms with Crippen LogP contribution in [-0.4, -0.2) is 23.5 Å². The number of amides is 1. The van der Waals surface area contributed by atoms with Crippen LogP contribution in [0.4, 0.5) is 10.1 Å². The van der Waals surface area contributed by atoms with E-state index in [1.807, 2.05) is 0 Å². The van der Waals surface area contributed by atoms with Crippen LogP contribution >= 0.6 is 15.9 Å². The zero-order chi connectivity index (χ0) is 12.6. The van der Waals surface area contributed by atoms with Crippen LogP contribution in [0.15, 0.2) is 22.7 Å². The topological polar surface area (TPSA) is 57.6 Å². The van der Waals surface area contributed by atoms with Crippen LogP contribution in [0, 0.1) is 11.7 Å². The molecule has 1 fully saturated rings. The van der Waals surface area contributed by atoms with Gasteiger partial charge >= 0.3 is 5.97 Å². The number of nitrogens with zero attached hydrogens (tertiary/aromatic N) is 1. The van der Waals surface area contributed by atoms with E-state index in [1.165, 1.54) is 17.0 Å². The van der Waals surface area contributed by atoms with Crippen molar-refractivity contribution in [3.8, 4) is 0 Å². The first kappa shape index (κ1) is 12.0. The molecule has 1 heterocycles. The number of rotatable bonds is 2. The van der Waals surface area contributed by atoms with Gasteiger partial charge in [-0.15, -0.1) is 0 Å². The number of aliphatic carboxylic acids is 1. The van der Waals surface area contributed by atoms with E-state index in [2.05, 4.69) is 15.9 Å². The predicted molar refractivity (Wildman–Crippen MR) is 62.2 cm³/mol. The highest BCUT2D eigenvalue weighted by atomic mass is 79.9. The summed E-state index contributed by atoms with van der Waals surface area (Å²) in [5.41, 5.74) is 0.112. The molecule has 1 amide bonds. The number of benzene rings is 1. The van der Waals surface area contributed by atoms with Crippen molar-refractivity contribution in [3.05, 3.63) is 28.5 Å². The Balaban J connectivity index is 2.35. The van der Waals surface area contributed by atoms with Crippen molar-refractivity contribution in [1.82, 2.24) is 0 Å². The molecule has 1 aromatic rings. The van der Waals surface area contributed by atoms with Crippen LogP contribution in [-0.2, 0) is 9.59 Å². The molecule has 0 spiro atoms. The average molecular weight is 302 g/mol. The molecule has 0 aliphatic carbocycles. The molecule has 2 rings (SSSR count). The molecule has 1 N–H and O–H groups in total. The lowest BCUT2D eigenvalue weighted by Crippen LogP contribution is -2.27. The summed E-state index contributed by atoms with van der Waals surface area (Å²) in [5, 5.41) is 8.85. The van der Waals surface area contributed by atoms with Gasteiger partial charge in [0.2, 0.25) is 5.91 Å². The first-order valence-corrected chi connectivity index (χ1v) is 5.77. The molecule has 1 atom stereocenters. The van der Waals surface area contributed by atoms with Gasteiger partial charge in [-0.25, -0.2) is 4.39 Å². The smallest absolute Gasteiger partial charge is 0.308 e. The summed E-state index contributed by atoms with van der Waals surface area (Å²) in [6, 6.07) is 4.36. The van der Waals surface area contributed by atoms with Crippen molar-refractivity contribution in [3.63, 3.8) is 0 Å². The zero-order valence-electron chi connectivity index (χ0n) is 8.69. The van der Waals surface area contributed by atoms with Crippen LogP contribution in [0.1, 0.15) is 6.42 Å². The van der Waals surface area contributed by atoms with E-state index in [0.717, 1.165) is 0 Å². The van der Waals surface area contributed by atoms with Crippen LogP contribution in [0.3, 0.4) is 0 Å². The minimum atomic E-state index is -1.03. The highest BCUT2D eigenvalue weighted by Gasteiger charge is 2.36. The van der Waals surface area contributed by atoms with Crippen molar-refractivity contribution >= 4 is 33.5 Å². The summed E-state index contributed by atoms with van der Waals surface area (Å²) in [6.45, 7) is 0.00764. The number of carboxylic acids is 1. The molecule has 0 radical (unpaired) electrons. The fourth-order valence-corrected chi connectivity index (χ4v) is 2.39. The van der Waals surface area contributed by atoms with E-state index < -0.39 is 17.7 Å². The third-order valence-corrected chi connectivity index (χ3v) is 3.32. The van der Waals surface area contributed by atoms with Gasteiger partial charge in [-0.3, -0.25) is 9.59 Å². The molecular formula is C11H9BrFNO3. The zero-order valence-corrected chi connectivity index (χ0v) is 10.3. The predicted octanol–water partition coefficient (Wildman–Crippen LogP) is 2.03. The van der Waals surface area contributed by atoms with E-state index in [9.17, 15) is 14.0 Å². The van der Waals surface area contributed by atoms with Gasteiger partial charge in [0.25, 0.3) is 0 Å². The Bertz CT molecular complexity index is 471. The van der Waals surface area contributed by atoms with Crippen molar-refractivity contribution in [2.24, 2.45) is 5.92 Å². The number of carboxylic acid groups (broad SMARTS) is 1. The Labute approximate surface area is 105 Å². The van der Waals surface area contributed by atoms with Gasteiger partial charge in [-0.2, -0.15) is 0 Å². The fraction of sp³-hybridized carbons (Fsp3) is 0.273. The number of para-hydroxylation sites is 1. The lowest BCUT2D eigenvalue weighted by atomic mass is 10.1. The number of carbonyl (C=O) groups excluding carboxylic acids is 1. The molecule has 90 valence electrons. The fourth-order valence-electron chi connectivity index (χ4n) is 1.84. The van der Waals surface area contributed by atoms with Crippen LogP contribution in [0.25, 0.3) is 0 Å². The van der Waals surface area contributed by atoms with Crippen LogP contribution in [0.5, 0.6) is 0 Å². The van der Waals surface area contributed by atoms with Gasteiger partial charge in [0, 0.05) is 17.4 Å². The lowest BCUT2D eigenvalue weighted by Gasteiger charge is -2.18. The number of carbonyl (C=O) groups is 2. The monoisotopic (exact) mass is 301 g/mol. The van der Waals surface area contributed by atoms with Gasteiger partial charge in [0.1, 0.15) is 5.82 Å². The third kappa shape index (κ3) is 2.17.